The smallest absolute Gasteiger partial charge is 0.255 e. The molecule has 1 atom stereocenters. The van der Waals surface area contributed by atoms with Crippen LogP contribution in [0.2, 0.25) is 5.02 Å². The molecular weight excluding hydrogens is 400 g/mol. The Bertz CT molecular complexity index is 884. The zero-order valence-corrected chi connectivity index (χ0v) is 18.0. The number of nitrogens with zero attached hydrogens (tertiary/aromatic N) is 2. The largest absolute Gasteiger partial charge is 0.396 e. The minimum atomic E-state index is -0.341. The Morgan fingerprint density at radius 3 is 2.67 bits per heavy atom. The molecule has 30 heavy (non-hydrogen) atoms. The van der Waals surface area contributed by atoms with Crippen molar-refractivity contribution in [3.63, 3.8) is 0 Å². The van der Waals surface area contributed by atoms with E-state index in [4.69, 9.17) is 16.3 Å². The number of aliphatic hydroxyl groups excluding tert-OH is 1. The van der Waals surface area contributed by atoms with E-state index in [9.17, 15) is 9.90 Å². The molecule has 2 aliphatic rings. The van der Waals surface area contributed by atoms with Crippen LogP contribution in [-0.4, -0.2) is 61.9 Å². The Hall–Kier alpha value is -2.08. The number of hydrogen-bond donors (Lipinski definition) is 1. The predicted molar refractivity (Wildman–Crippen MR) is 119 cm³/mol. The van der Waals surface area contributed by atoms with E-state index in [-0.39, 0.29) is 17.9 Å². The number of hydrogen-bond acceptors (Lipinski definition) is 4. The van der Waals surface area contributed by atoms with Crippen LogP contribution >= 0.6 is 11.6 Å². The van der Waals surface area contributed by atoms with Crippen molar-refractivity contribution in [2.75, 3.05) is 50.9 Å². The first-order valence-corrected chi connectivity index (χ1v) is 11.0. The van der Waals surface area contributed by atoms with Gasteiger partial charge >= 0.3 is 0 Å². The molecule has 6 heteroatoms. The number of benzene rings is 2. The molecule has 2 aromatic rings. The van der Waals surface area contributed by atoms with Gasteiger partial charge in [0, 0.05) is 42.3 Å². The SMILES string of the molecule is O=C(c1ccccc1N1CCOCC1)N1CCC[C@](CO)(Cc2cccc(Cl)c2)C1. The second-order valence-corrected chi connectivity index (χ2v) is 8.85. The second kappa shape index (κ2) is 9.38. The molecule has 2 heterocycles. The van der Waals surface area contributed by atoms with Crippen LogP contribution in [-0.2, 0) is 11.2 Å². The molecule has 1 N–H and O–H groups in total. The van der Waals surface area contributed by atoms with E-state index in [1.807, 2.05) is 53.4 Å². The van der Waals surface area contributed by atoms with Crippen LogP contribution in [0.1, 0.15) is 28.8 Å². The molecule has 5 nitrogen and oxygen atoms in total. The summed E-state index contributed by atoms with van der Waals surface area (Å²) >= 11 is 6.16. The molecule has 0 radical (unpaired) electrons. The number of ether oxygens (including phenoxy) is 1. The Labute approximate surface area is 183 Å². The maximum absolute atomic E-state index is 13.5. The number of aliphatic hydroxyl groups is 1. The van der Waals surface area contributed by atoms with Crippen LogP contribution in [0.4, 0.5) is 5.69 Å². The van der Waals surface area contributed by atoms with Crippen molar-refractivity contribution >= 4 is 23.2 Å². The Morgan fingerprint density at radius 2 is 1.90 bits per heavy atom. The minimum absolute atomic E-state index is 0.0423. The third-order valence-electron chi connectivity index (χ3n) is 6.24. The fourth-order valence-electron chi connectivity index (χ4n) is 4.70. The molecule has 2 fully saturated rings. The van der Waals surface area contributed by atoms with E-state index in [1.165, 1.54) is 0 Å². The highest BCUT2D eigenvalue weighted by atomic mass is 35.5. The quantitative estimate of drug-likeness (QED) is 0.790. The van der Waals surface area contributed by atoms with Gasteiger partial charge in [0.15, 0.2) is 0 Å². The Balaban J connectivity index is 1.55. The summed E-state index contributed by atoms with van der Waals surface area (Å²) in [5.74, 6) is 0.0423. The van der Waals surface area contributed by atoms with Crippen molar-refractivity contribution in [3.05, 3.63) is 64.7 Å². The summed E-state index contributed by atoms with van der Waals surface area (Å²) in [6.07, 6.45) is 2.48. The van der Waals surface area contributed by atoms with Gasteiger partial charge in [-0.25, -0.2) is 0 Å². The molecule has 4 rings (SSSR count). The van der Waals surface area contributed by atoms with Gasteiger partial charge in [-0.2, -0.15) is 0 Å². The van der Waals surface area contributed by atoms with Gasteiger partial charge in [0.2, 0.25) is 0 Å². The number of carbonyl (C=O) groups is 1. The molecule has 1 amide bonds. The van der Waals surface area contributed by atoms with Gasteiger partial charge in [0.05, 0.1) is 25.4 Å². The van der Waals surface area contributed by atoms with Crippen molar-refractivity contribution < 1.29 is 14.6 Å². The number of amides is 1. The van der Waals surface area contributed by atoms with Gasteiger partial charge in [-0.1, -0.05) is 35.9 Å². The molecule has 2 aliphatic heterocycles. The topological polar surface area (TPSA) is 53.0 Å². The van der Waals surface area contributed by atoms with E-state index in [0.717, 1.165) is 42.7 Å². The third kappa shape index (κ3) is 4.64. The number of carbonyl (C=O) groups excluding carboxylic acids is 1. The summed E-state index contributed by atoms with van der Waals surface area (Å²) < 4.78 is 5.47. The molecular formula is C24H29ClN2O3. The van der Waals surface area contributed by atoms with Crippen molar-refractivity contribution in [2.45, 2.75) is 19.3 Å². The van der Waals surface area contributed by atoms with Gasteiger partial charge in [0.25, 0.3) is 5.91 Å². The van der Waals surface area contributed by atoms with Crippen LogP contribution in [0.25, 0.3) is 0 Å². The number of morpholine rings is 1. The van der Waals surface area contributed by atoms with Gasteiger partial charge in [-0.05, 0) is 49.1 Å². The monoisotopic (exact) mass is 428 g/mol. The molecule has 2 aromatic carbocycles. The fraction of sp³-hybridized carbons (Fsp3) is 0.458. The molecule has 0 spiro atoms. The van der Waals surface area contributed by atoms with Crippen LogP contribution in [0, 0.1) is 5.41 Å². The normalized spacial score (nSPS) is 22.2. The molecule has 0 saturated carbocycles. The zero-order chi connectivity index (χ0) is 21.0. The average molecular weight is 429 g/mol. The number of likely N-dealkylation sites (tertiary alicyclic amines) is 1. The van der Waals surface area contributed by atoms with Crippen LogP contribution in [0.15, 0.2) is 48.5 Å². The first kappa shape index (κ1) is 21.2. The van der Waals surface area contributed by atoms with Gasteiger partial charge in [-0.3, -0.25) is 4.79 Å². The molecule has 0 bridgehead atoms. The summed E-state index contributed by atoms with van der Waals surface area (Å²) in [5.41, 5.74) is 2.46. The summed E-state index contributed by atoms with van der Waals surface area (Å²) in [7, 11) is 0. The first-order chi connectivity index (χ1) is 14.6. The maximum atomic E-state index is 13.5. The van der Waals surface area contributed by atoms with Crippen molar-refractivity contribution in [1.82, 2.24) is 4.90 Å². The van der Waals surface area contributed by atoms with E-state index >= 15 is 0 Å². The maximum Gasteiger partial charge on any atom is 0.255 e. The lowest BCUT2D eigenvalue weighted by Crippen LogP contribution is -2.49. The van der Waals surface area contributed by atoms with Crippen LogP contribution < -0.4 is 4.90 Å². The zero-order valence-electron chi connectivity index (χ0n) is 17.2. The minimum Gasteiger partial charge on any atom is -0.396 e. The van der Waals surface area contributed by atoms with E-state index in [2.05, 4.69) is 4.90 Å². The van der Waals surface area contributed by atoms with Crippen molar-refractivity contribution in [2.24, 2.45) is 5.41 Å². The van der Waals surface area contributed by atoms with Gasteiger partial charge < -0.3 is 19.6 Å². The number of anilines is 1. The standard InChI is InChI=1S/C24H29ClN2O3/c25-20-6-3-5-19(15-20)16-24(18-28)9-4-10-27(17-24)23(29)21-7-1-2-8-22(21)26-11-13-30-14-12-26/h1-3,5-8,15,28H,4,9-14,16-18H2/t24-/m0/s1. The number of rotatable bonds is 5. The fourth-order valence-corrected chi connectivity index (χ4v) is 4.91. The molecule has 0 aliphatic carbocycles. The van der Waals surface area contributed by atoms with Crippen molar-refractivity contribution in [3.8, 4) is 0 Å². The van der Waals surface area contributed by atoms with Crippen LogP contribution in [0.3, 0.4) is 0 Å². The Morgan fingerprint density at radius 1 is 1.10 bits per heavy atom. The number of halogens is 1. The summed E-state index contributed by atoms with van der Waals surface area (Å²) in [6, 6.07) is 15.6. The first-order valence-electron chi connectivity index (χ1n) is 10.7. The lowest BCUT2D eigenvalue weighted by atomic mass is 9.75. The summed E-state index contributed by atoms with van der Waals surface area (Å²) in [6.45, 7) is 4.26. The van der Waals surface area contributed by atoms with Crippen molar-refractivity contribution in [1.29, 1.82) is 0 Å². The highest BCUT2D eigenvalue weighted by Gasteiger charge is 2.37. The third-order valence-corrected chi connectivity index (χ3v) is 6.47. The predicted octanol–water partition coefficient (Wildman–Crippen LogP) is 3.63. The van der Waals surface area contributed by atoms with E-state index < -0.39 is 0 Å². The van der Waals surface area contributed by atoms with E-state index in [1.54, 1.807) is 0 Å². The molecule has 0 aromatic heterocycles. The summed E-state index contributed by atoms with van der Waals surface area (Å²) in [4.78, 5) is 17.7. The number of piperidine rings is 1. The second-order valence-electron chi connectivity index (χ2n) is 8.41. The highest BCUT2D eigenvalue weighted by molar-refractivity contribution is 6.30. The lowest BCUT2D eigenvalue weighted by molar-refractivity contribution is 0.0272. The average Bonchev–Trinajstić information content (AvgIpc) is 2.79. The van der Waals surface area contributed by atoms with Crippen LogP contribution in [0.5, 0.6) is 0 Å². The molecule has 160 valence electrons. The molecule has 2 saturated heterocycles. The van der Waals surface area contributed by atoms with Gasteiger partial charge in [-0.15, -0.1) is 0 Å². The van der Waals surface area contributed by atoms with Gasteiger partial charge in [0.1, 0.15) is 0 Å². The molecule has 0 unspecified atom stereocenters. The lowest BCUT2D eigenvalue weighted by Gasteiger charge is -2.42. The van der Waals surface area contributed by atoms with E-state index in [0.29, 0.717) is 37.7 Å². The summed E-state index contributed by atoms with van der Waals surface area (Å²) in [5, 5.41) is 11.0. The highest BCUT2D eigenvalue weighted by Crippen LogP contribution is 2.35. The number of para-hydroxylation sites is 1. The Kier molecular flexibility index (Phi) is 6.61.